The number of benzene rings is 3. The summed E-state index contributed by atoms with van der Waals surface area (Å²) in [6, 6.07) is 22.8. The zero-order valence-corrected chi connectivity index (χ0v) is 17.1. The predicted octanol–water partition coefficient (Wildman–Crippen LogP) is 6.12. The van der Waals surface area contributed by atoms with Crippen LogP contribution in [0.1, 0.15) is 17.0 Å². The Morgan fingerprint density at radius 2 is 1.66 bits per heavy atom. The van der Waals surface area contributed by atoms with E-state index in [0.29, 0.717) is 33.3 Å². The van der Waals surface area contributed by atoms with Gasteiger partial charge in [0.1, 0.15) is 5.82 Å². The average molecular weight is 421 g/mol. The van der Waals surface area contributed by atoms with E-state index in [-0.39, 0.29) is 5.56 Å². The molecule has 0 bridgehead atoms. The molecule has 5 heteroatoms. The molecular weight excluding hydrogens is 403 g/mol. The summed E-state index contributed by atoms with van der Waals surface area (Å²) in [5.74, 6) is 0.593. The molecular formula is C24H18Cl2N2O. The maximum absolute atomic E-state index is 13.1. The third-order valence-electron chi connectivity index (χ3n) is 4.73. The van der Waals surface area contributed by atoms with Gasteiger partial charge in [-0.05, 0) is 54.0 Å². The summed E-state index contributed by atoms with van der Waals surface area (Å²) in [6.45, 7) is 0.536. The highest BCUT2D eigenvalue weighted by Crippen LogP contribution is 2.23. The zero-order valence-electron chi connectivity index (χ0n) is 15.6. The van der Waals surface area contributed by atoms with Gasteiger partial charge in [0.25, 0.3) is 5.56 Å². The molecule has 0 aliphatic heterocycles. The van der Waals surface area contributed by atoms with E-state index < -0.39 is 0 Å². The Bertz CT molecular complexity index is 1250. The van der Waals surface area contributed by atoms with Crippen LogP contribution in [0.25, 0.3) is 23.1 Å². The van der Waals surface area contributed by atoms with Crippen LogP contribution in [-0.4, -0.2) is 9.55 Å². The maximum atomic E-state index is 13.1. The van der Waals surface area contributed by atoms with E-state index in [0.717, 1.165) is 12.0 Å². The number of para-hydroxylation sites is 1. The molecule has 4 rings (SSSR count). The van der Waals surface area contributed by atoms with Crippen molar-refractivity contribution in [3.63, 3.8) is 0 Å². The molecule has 3 nitrogen and oxygen atoms in total. The van der Waals surface area contributed by atoms with Crippen molar-refractivity contribution in [2.24, 2.45) is 0 Å². The van der Waals surface area contributed by atoms with Gasteiger partial charge in [-0.2, -0.15) is 0 Å². The molecule has 0 atom stereocenters. The summed E-state index contributed by atoms with van der Waals surface area (Å²) < 4.78 is 1.72. The van der Waals surface area contributed by atoms with Crippen molar-refractivity contribution in [2.75, 3.05) is 0 Å². The van der Waals surface area contributed by atoms with Crippen molar-refractivity contribution in [3.8, 4) is 0 Å². The summed E-state index contributed by atoms with van der Waals surface area (Å²) in [6.07, 6.45) is 4.42. The number of hydrogen-bond acceptors (Lipinski definition) is 2. The molecule has 1 aromatic heterocycles. The monoisotopic (exact) mass is 420 g/mol. The average Bonchev–Trinajstić information content (AvgIpc) is 2.73. The molecule has 0 saturated heterocycles. The van der Waals surface area contributed by atoms with E-state index in [1.54, 1.807) is 16.7 Å². The molecule has 0 N–H and O–H groups in total. The first kappa shape index (κ1) is 19.4. The van der Waals surface area contributed by atoms with Crippen LogP contribution in [0.5, 0.6) is 0 Å². The molecule has 0 fully saturated rings. The van der Waals surface area contributed by atoms with Crippen molar-refractivity contribution in [3.05, 3.63) is 110 Å². The van der Waals surface area contributed by atoms with Gasteiger partial charge in [0.15, 0.2) is 0 Å². The third kappa shape index (κ3) is 4.42. The van der Waals surface area contributed by atoms with Crippen molar-refractivity contribution >= 4 is 46.3 Å². The number of halogens is 2. The zero-order chi connectivity index (χ0) is 20.2. The van der Waals surface area contributed by atoms with Crippen LogP contribution in [0.3, 0.4) is 0 Å². The fourth-order valence-corrected chi connectivity index (χ4v) is 3.69. The summed E-state index contributed by atoms with van der Waals surface area (Å²) in [5, 5.41) is 1.74. The molecule has 0 aliphatic carbocycles. The molecule has 29 heavy (non-hydrogen) atoms. The smallest absolute Gasteiger partial charge is 0.261 e. The molecule has 0 aliphatic rings. The van der Waals surface area contributed by atoms with E-state index >= 15 is 0 Å². The fraction of sp³-hybridized carbons (Fsp3) is 0.0833. The van der Waals surface area contributed by atoms with Crippen LogP contribution in [0.4, 0.5) is 0 Å². The van der Waals surface area contributed by atoms with Gasteiger partial charge in [-0.15, -0.1) is 0 Å². The van der Waals surface area contributed by atoms with Gasteiger partial charge < -0.3 is 0 Å². The Labute approximate surface area is 178 Å². The highest BCUT2D eigenvalue weighted by atomic mass is 35.5. The molecule has 0 amide bonds. The molecule has 0 saturated carbocycles. The highest BCUT2D eigenvalue weighted by molar-refractivity contribution is 6.35. The normalized spacial score (nSPS) is 11.4. The van der Waals surface area contributed by atoms with Crippen molar-refractivity contribution in [1.29, 1.82) is 0 Å². The van der Waals surface area contributed by atoms with Crippen LogP contribution >= 0.6 is 23.2 Å². The number of fused-ring (bicyclic) bond motifs is 1. The SMILES string of the molecule is O=c1c2ccccc2nc(C=Cc2ccc(Cl)cc2Cl)n1CCc1ccccc1. The lowest BCUT2D eigenvalue weighted by Gasteiger charge is -2.11. The van der Waals surface area contributed by atoms with E-state index in [9.17, 15) is 4.79 Å². The Hall–Kier alpha value is -2.88. The first-order chi connectivity index (χ1) is 14.1. The minimum absolute atomic E-state index is 0.0478. The van der Waals surface area contributed by atoms with Crippen LogP contribution in [0, 0.1) is 0 Å². The minimum atomic E-state index is -0.0478. The Morgan fingerprint density at radius 3 is 2.45 bits per heavy atom. The summed E-state index contributed by atoms with van der Waals surface area (Å²) in [5.41, 5.74) is 2.61. The van der Waals surface area contributed by atoms with Crippen molar-refractivity contribution in [1.82, 2.24) is 9.55 Å². The van der Waals surface area contributed by atoms with Crippen molar-refractivity contribution < 1.29 is 0 Å². The Kier molecular flexibility index (Phi) is 5.79. The largest absolute Gasteiger partial charge is 0.292 e. The van der Waals surface area contributed by atoms with Gasteiger partial charge in [-0.1, -0.05) is 71.7 Å². The fourth-order valence-electron chi connectivity index (χ4n) is 3.22. The first-order valence-electron chi connectivity index (χ1n) is 9.28. The number of nitrogens with zero attached hydrogens (tertiary/aromatic N) is 2. The second-order valence-electron chi connectivity index (χ2n) is 6.68. The lowest BCUT2D eigenvalue weighted by Crippen LogP contribution is -2.25. The number of rotatable bonds is 5. The second kappa shape index (κ2) is 8.64. The minimum Gasteiger partial charge on any atom is -0.292 e. The molecule has 1 heterocycles. The first-order valence-corrected chi connectivity index (χ1v) is 10.0. The second-order valence-corrected chi connectivity index (χ2v) is 7.52. The van der Waals surface area contributed by atoms with Gasteiger partial charge in [-0.25, -0.2) is 4.98 Å². The van der Waals surface area contributed by atoms with Gasteiger partial charge in [0.2, 0.25) is 0 Å². The van der Waals surface area contributed by atoms with E-state index in [1.165, 1.54) is 5.56 Å². The summed E-state index contributed by atoms with van der Waals surface area (Å²) in [7, 11) is 0. The maximum Gasteiger partial charge on any atom is 0.261 e. The standard InChI is InChI=1S/C24H18Cl2N2O/c25-19-12-10-18(21(26)16-19)11-13-23-27-22-9-5-4-8-20(22)24(29)28(23)15-14-17-6-2-1-3-7-17/h1-13,16H,14-15H2. The molecule has 0 spiro atoms. The van der Waals surface area contributed by atoms with Crippen LogP contribution in [0.2, 0.25) is 10.0 Å². The van der Waals surface area contributed by atoms with Gasteiger partial charge >= 0.3 is 0 Å². The van der Waals surface area contributed by atoms with Gasteiger partial charge in [0.05, 0.1) is 10.9 Å². The van der Waals surface area contributed by atoms with Crippen molar-refractivity contribution in [2.45, 2.75) is 13.0 Å². The molecule has 0 unspecified atom stereocenters. The number of hydrogen-bond donors (Lipinski definition) is 0. The molecule has 0 radical (unpaired) electrons. The van der Waals surface area contributed by atoms with Crippen LogP contribution in [-0.2, 0) is 13.0 Å². The number of aromatic nitrogens is 2. The van der Waals surface area contributed by atoms with E-state index in [2.05, 4.69) is 12.1 Å². The van der Waals surface area contributed by atoms with E-state index in [1.807, 2.05) is 60.7 Å². The number of aryl methyl sites for hydroxylation is 1. The highest BCUT2D eigenvalue weighted by Gasteiger charge is 2.09. The predicted molar refractivity (Wildman–Crippen MR) is 122 cm³/mol. The van der Waals surface area contributed by atoms with Crippen LogP contribution < -0.4 is 5.56 Å². The lowest BCUT2D eigenvalue weighted by atomic mass is 10.1. The molecule has 144 valence electrons. The summed E-state index contributed by atoms with van der Waals surface area (Å²) >= 11 is 12.3. The van der Waals surface area contributed by atoms with Crippen LogP contribution in [0.15, 0.2) is 77.6 Å². The van der Waals surface area contributed by atoms with E-state index in [4.69, 9.17) is 28.2 Å². The third-order valence-corrected chi connectivity index (χ3v) is 5.29. The topological polar surface area (TPSA) is 34.9 Å². The molecule has 3 aromatic carbocycles. The Morgan fingerprint density at radius 1 is 0.897 bits per heavy atom. The summed E-state index contributed by atoms with van der Waals surface area (Å²) in [4.78, 5) is 17.9. The van der Waals surface area contributed by atoms with Gasteiger partial charge in [-0.3, -0.25) is 9.36 Å². The molecule has 4 aromatic rings. The quantitative estimate of drug-likeness (QED) is 0.389. The van der Waals surface area contributed by atoms with Gasteiger partial charge in [0, 0.05) is 16.6 Å². The lowest BCUT2D eigenvalue weighted by molar-refractivity contribution is 0.655. The Balaban J connectivity index is 1.76.